The zero-order chi connectivity index (χ0) is 106. The minimum atomic E-state index is -2.44. The first-order valence-electron chi connectivity index (χ1n) is 52.5. The second-order valence-electron chi connectivity index (χ2n) is 38.0. The van der Waals surface area contributed by atoms with Crippen LogP contribution in [0.1, 0.15) is 161 Å². The summed E-state index contributed by atoms with van der Waals surface area (Å²) in [6.45, 7) is 37.1. The number of aryl methyl sites for hydroxylation is 10. The lowest BCUT2D eigenvalue weighted by Gasteiger charge is -2.15. The smallest absolute Gasteiger partial charge is 0.220 e. The van der Waals surface area contributed by atoms with Crippen molar-refractivity contribution in [3.8, 4) is 78.7 Å². The van der Waals surface area contributed by atoms with Gasteiger partial charge in [0.2, 0.25) is 34.2 Å². The molecule has 8 heteroatoms. The molecule has 0 aliphatic heterocycles. The number of para-hydroxylation sites is 1. The molecule has 690 valence electrons. The summed E-state index contributed by atoms with van der Waals surface area (Å²) in [5.41, 5.74) is 36.9. The average Bonchev–Trinajstić information content (AvgIpc) is 1.67. The average molecular weight is 1820 g/mol. The van der Waals surface area contributed by atoms with E-state index in [1.807, 2.05) is 150 Å². The number of benzene rings is 13. The first-order valence-corrected chi connectivity index (χ1v) is 48.0. The summed E-state index contributed by atoms with van der Waals surface area (Å²) in [6.07, 6.45) is 4.63. The van der Waals surface area contributed by atoms with Crippen LogP contribution in [0.5, 0.6) is 0 Å². The molecule has 0 saturated carbocycles. The van der Waals surface area contributed by atoms with Crippen molar-refractivity contribution in [2.45, 2.75) is 156 Å². The van der Waals surface area contributed by atoms with Gasteiger partial charge in [-0.15, -0.1) is 0 Å². The Morgan fingerprint density at radius 1 is 0.290 bits per heavy atom. The summed E-state index contributed by atoms with van der Waals surface area (Å²) >= 11 is 0. The van der Waals surface area contributed by atoms with E-state index in [0.29, 0.717) is 36.0 Å². The molecule has 0 amide bonds. The van der Waals surface area contributed by atoms with Gasteiger partial charge in [-0.05, 0) is 285 Å². The van der Waals surface area contributed by atoms with Crippen LogP contribution in [0.15, 0.2) is 334 Å². The maximum Gasteiger partial charge on any atom is 0.220 e. The van der Waals surface area contributed by atoms with Crippen LogP contribution in [0.2, 0.25) is 0 Å². The minimum Gasteiger partial charge on any atom is -0.338 e. The molecular weight excluding hydrogens is 1670 g/mol. The van der Waals surface area contributed by atoms with Crippen LogP contribution >= 0.6 is 0 Å². The third-order valence-corrected chi connectivity index (χ3v) is 28.2. The molecule has 0 aliphatic carbocycles. The van der Waals surface area contributed by atoms with Gasteiger partial charge in [-0.1, -0.05) is 215 Å². The van der Waals surface area contributed by atoms with E-state index in [-0.39, 0.29) is 0 Å². The van der Waals surface area contributed by atoms with Crippen LogP contribution in [0.4, 0.5) is 0 Å². The first-order chi connectivity index (χ1) is 69.7. The topological polar surface area (TPSA) is 41.1 Å². The molecule has 13 aromatic carbocycles. The van der Waals surface area contributed by atoms with Gasteiger partial charge in [0.25, 0.3) is 0 Å². The van der Waals surface area contributed by atoms with Gasteiger partial charge in [-0.25, -0.2) is 9.13 Å². The van der Waals surface area contributed by atoms with E-state index in [1.165, 1.54) is 173 Å². The lowest BCUT2D eigenvalue weighted by atomic mass is 9.90. The van der Waals surface area contributed by atoms with Crippen molar-refractivity contribution in [1.29, 1.82) is 0 Å². The minimum absolute atomic E-state index is 0.371. The zero-order valence-electron chi connectivity index (χ0n) is 94.1. The predicted octanol–water partition coefficient (Wildman–Crippen LogP) is 30.3. The van der Waals surface area contributed by atoms with Crippen molar-refractivity contribution < 1.29 is 39.7 Å². The molecule has 138 heavy (non-hydrogen) atoms. The Labute approximate surface area is 831 Å². The van der Waals surface area contributed by atoms with Crippen molar-refractivity contribution in [3.05, 3.63) is 424 Å². The molecule has 1 unspecified atom stereocenters. The Balaban J connectivity index is 0.000000126. The number of rotatable bonds is 10. The highest BCUT2D eigenvalue weighted by Crippen LogP contribution is 2.42. The fraction of sp³-hybridized carbons (Fsp3) is 0.223. The molecule has 0 fully saturated rings. The van der Waals surface area contributed by atoms with Crippen molar-refractivity contribution in [1.82, 2.24) is 9.55 Å². The van der Waals surface area contributed by atoms with E-state index in [2.05, 4.69) is 351 Å². The van der Waals surface area contributed by atoms with Crippen molar-refractivity contribution in [3.63, 3.8) is 0 Å². The second-order valence-corrected chi connectivity index (χ2v) is 38.0. The molecule has 0 bridgehead atoms. The molecule has 8 nitrogen and oxygen atoms in total. The maximum absolute atomic E-state index is 8.50. The number of hydrogen-bond donors (Lipinski definition) is 0. The van der Waals surface area contributed by atoms with Crippen LogP contribution in [0.3, 0.4) is 0 Å². The lowest BCUT2D eigenvalue weighted by Crippen LogP contribution is -2.35. The van der Waals surface area contributed by atoms with Crippen molar-refractivity contribution in [2.75, 3.05) is 0 Å². The van der Waals surface area contributed by atoms with Gasteiger partial charge in [0.1, 0.15) is 45.0 Å². The number of aromatic nitrogens is 8. The normalized spacial score (nSPS) is 12.8. The molecule has 8 heterocycles. The van der Waals surface area contributed by atoms with Gasteiger partial charge in [-0.3, -0.25) is 4.98 Å². The highest BCUT2D eigenvalue weighted by atomic mass is 15.0. The number of nitrogens with zero attached hydrogens (tertiary/aromatic N) is 8. The fourth-order valence-corrected chi connectivity index (χ4v) is 19.8. The summed E-state index contributed by atoms with van der Waals surface area (Å²) in [5.74, 6) is -2.32. The van der Waals surface area contributed by atoms with Gasteiger partial charge >= 0.3 is 0 Å². The van der Waals surface area contributed by atoms with Crippen LogP contribution in [-0.2, 0) is 42.3 Å². The molecule has 21 rings (SSSR count). The molecule has 0 radical (unpaired) electrons. The molecule has 0 N–H and O–H groups in total. The molecular formula is C130H136N8+6. The quantitative estimate of drug-likeness (QED) is 0.126. The Kier molecular flexibility index (Phi) is 25.3. The third-order valence-electron chi connectivity index (χ3n) is 28.2. The van der Waals surface area contributed by atoms with E-state index in [0.717, 1.165) is 83.3 Å². The molecule has 0 saturated heterocycles. The summed E-state index contributed by atoms with van der Waals surface area (Å²) in [7, 11) is 12.3. The summed E-state index contributed by atoms with van der Waals surface area (Å²) in [5, 5.41) is 17.0. The van der Waals surface area contributed by atoms with Crippen LogP contribution in [0.25, 0.3) is 165 Å². The van der Waals surface area contributed by atoms with Gasteiger partial charge in [0.05, 0.1) is 68.4 Å². The number of fused-ring (bicyclic) bond motifs is 9. The molecule has 1 atom stereocenters. The summed E-state index contributed by atoms with van der Waals surface area (Å²) in [4.78, 5) is 4.26. The summed E-state index contributed by atoms with van der Waals surface area (Å²) < 4.78 is 88.2. The van der Waals surface area contributed by atoms with Gasteiger partial charge in [0.15, 0.2) is 35.1 Å². The molecule has 8 aromatic heterocycles. The van der Waals surface area contributed by atoms with E-state index in [9.17, 15) is 0 Å². The van der Waals surface area contributed by atoms with E-state index in [4.69, 9.17) is 12.3 Å². The van der Waals surface area contributed by atoms with Gasteiger partial charge in [-0.2, -0.15) is 18.3 Å². The zero-order valence-corrected chi connectivity index (χ0v) is 85.1. The number of pyridine rings is 7. The Morgan fingerprint density at radius 3 is 1.12 bits per heavy atom. The largest absolute Gasteiger partial charge is 0.338 e. The van der Waals surface area contributed by atoms with Gasteiger partial charge in [0, 0.05) is 117 Å². The lowest BCUT2D eigenvalue weighted by molar-refractivity contribution is -0.665. The number of hydrogen-bond acceptors (Lipinski definition) is 1. The van der Waals surface area contributed by atoms with E-state index < -0.39 is 18.6 Å². The fourth-order valence-electron chi connectivity index (χ4n) is 19.8. The highest BCUT2D eigenvalue weighted by molar-refractivity contribution is 6.11. The monoisotopic (exact) mass is 1820 g/mol. The van der Waals surface area contributed by atoms with Gasteiger partial charge < -0.3 is 4.57 Å². The molecule has 21 aromatic rings. The van der Waals surface area contributed by atoms with Crippen LogP contribution < -0.4 is 27.4 Å². The Bertz CT molecular complexity index is 8600. The Hall–Kier alpha value is -14.7. The second kappa shape index (κ2) is 41.1. The SMILES string of the molecule is Cc1cc2c3ccccc3n(C(C)C)c2cc1-c1c2ccccc2cc(C)[n+]1C.Cc1ccc(-c2cccnc2)cc1-c1c2ccccc2cc(C)[n+]1C.[2H]C(C)(C)c1cc(C)c(C)c(-c2c3ccccc3cc(C)[n+]2C)c1.[2H]c1cc([2H])c(C)c(-c2c3ccccc3cc(C)[n+]2C)c1.[2H]c1cc2ccccc2c(-c2cc(C([2H])(C)C([2H])([2H])[2H])cc(C)c2C)[n+]1C.[2H]c1cc2ccccc2c(-c2cc(C)cc(C)c2C)[n+]1C. The Morgan fingerprint density at radius 2 is 0.681 bits per heavy atom. The standard InChI is InChI=1S/C27H27N2.C23H21N2.C22H26N.C21H24N.C19H20N.C18H18N/c1-17(2)29-25-13-9-8-12-22(25)24-14-18(3)23(16-26(24)29)27-21-11-7-6-10-20(21)15-19(4)28(27)5;1-16-10-11-18(20-8-6-12-24-15-20)14-22(16)23-21-9-5-4-7-19(21)13-17(2)25(23)3;1-14(2)19-11-15(3)17(5)21(13-19)22-20-10-8-7-9-18(20)12-16(4)23(22)6;1-14(2)18-12-15(3)16(4)20(13-18)21-19-9-7-6-8-17(19)10-11-22(21)5;1-13-11-14(2)15(3)18(12-13)19-17-8-6-5-7-16(17)9-10-20(19)4;1-13-8-4-6-10-16(13)18-17-11-7-5-9-15(17)12-14(2)19(18)3/h6-17H,1-5H3;4-15H,1-3H3;7-14H,1-6H3;6-14H,1-5H3;5-12H,1-4H3;4-12H,1-3H3/q6*+1/i;;14D;1D3,11D,14D;10D;6D,8D. The van der Waals surface area contributed by atoms with Crippen molar-refractivity contribution in [2.24, 2.45) is 42.3 Å². The highest BCUT2D eigenvalue weighted by Gasteiger charge is 2.29. The van der Waals surface area contributed by atoms with Crippen molar-refractivity contribution >= 4 is 86.4 Å². The predicted molar refractivity (Wildman–Crippen MR) is 584 cm³/mol. The maximum atomic E-state index is 8.50. The van der Waals surface area contributed by atoms with E-state index >= 15 is 0 Å². The van der Waals surface area contributed by atoms with Crippen LogP contribution in [-0.4, -0.2) is 9.55 Å². The molecule has 0 spiro atoms. The van der Waals surface area contributed by atoms with E-state index in [1.54, 1.807) is 12.1 Å². The first kappa shape index (κ1) is 85.0. The third kappa shape index (κ3) is 19.5. The van der Waals surface area contributed by atoms with Crippen LogP contribution in [0, 0.1) is 96.9 Å². The summed E-state index contributed by atoms with van der Waals surface area (Å²) in [6, 6.07) is 104. The molecule has 0 aliphatic rings.